The zero-order valence-corrected chi connectivity index (χ0v) is 20.0. The Hall–Kier alpha value is -3.26. The Morgan fingerprint density at radius 1 is 1.09 bits per heavy atom. The van der Waals surface area contributed by atoms with Gasteiger partial charge in [0.2, 0.25) is 0 Å². The number of piperazine rings is 1. The van der Waals surface area contributed by atoms with Gasteiger partial charge in [-0.25, -0.2) is 14.2 Å². The monoisotopic (exact) mass is 466 g/mol. The number of carbonyl (C=O) groups excluding carboxylic acids is 2. The summed E-state index contributed by atoms with van der Waals surface area (Å²) in [6.07, 6.45) is 0.128. The van der Waals surface area contributed by atoms with E-state index in [1.165, 1.54) is 11.1 Å². The number of hydrogen-bond acceptors (Lipinski definition) is 5. The largest absolute Gasteiger partial charge is 0.450 e. The predicted molar refractivity (Wildman–Crippen MR) is 128 cm³/mol. The highest BCUT2D eigenvalue weighted by Gasteiger charge is 2.36. The number of ether oxygens (including phenoxy) is 1. The molecule has 2 aliphatic rings. The second-order valence-corrected chi connectivity index (χ2v) is 8.81. The molecule has 8 heteroatoms. The summed E-state index contributed by atoms with van der Waals surface area (Å²) in [6, 6.07) is 12.2. The first-order valence-electron chi connectivity index (χ1n) is 11.7. The van der Waals surface area contributed by atoms with Crippen molar-refractivity contribution in [3.63, 3.8) is 0 Å². The summed E-state index contributed by atoms with van der Waals surface area (Å²) in [5.74, 6) is -0.524. The van der Waals surface area contributed by atoms with Crippen molar-refractivity contribution in [2.24, 2.45) is 5.10 Å². The number of nitrogens with zero attached hydrogens (tertiary/aromatic N) is 4. The number of benzene rings is 2. The summed E-state index contributed by atoms with van der Waals surface area (Å²) in [5, 5.41) is 6.17. The average Bonchev–Trinajstić information content (AvgIpc) is 3.27. The predicted octanol–water partition coefficient (Wildman–Crippen LogP) is 3.89. The van der Waals surface area contributed by atoms with E-state index in [4.69, 9.17) is 9.84 Å². The number of hydrazone groups is 1. The molecule has 1 saturated heterocycles. The van der Waals surface area contributed by atoms with Crippen LogP contribution in [-0.2, 0) is 9.53 Å². The molecule has 0 bridgehead atoms. The molecule has 1 fully saturated rings. The molecule has 7 nitrogen and oxygen atoms in total. The highest BCUT2D eigenvalue weighted by molar-refractivity contribution is 6.04. The summed E-state index contributed by atoms with van der Waals surface area (Å²) in [6.45, 7) is 8.44. The topological polar surface area (TPSA) is 65.5 Å². The molecule has 2 aromatic rings. The molecule has 0 N–H and O–H groups in total. The van der Waals surface area contributed by atoms with Crippen LogP contribution in [0.3, 0.4) is 0 Å². The highest BCUT2D eigenvalue weighted by atomic mass is 19.1. The quantitative estimate of drug-likeness (QED) is 0.671. The normalized spacial score (nSPS) is 18.7. The minimum absolute atomic E-state index is 0.158. The molecule has 2 amide bonds. The lowest BCUT2D eigenvalue weighted by molar-refractivity contribution is -0.134. The van der Waals surface area contributed by atoms with E-state index in [1.807, 2.05) is 30.9 Å². The number of carbonyl (C=O) groups is 2. The van der Waals surface area contributed by atoms with E-state index in [2.05, 4.69) is 6.07 Å². The maximum atomic E-state index is 14.7. The number of halogens is 1. The summed E-state index contributed by atoms with van der Waals surface area (Å²) < 4.78 is 19.8. The number of aryl methyl sites for hydroxylation is 2. The molecule has 180 valence electrons. The van der Waals surface area contributed by atoms with E-state index < -0.39 is 6.04 Å². The summed E-state index contributed by atoms with van der Waals surface area (Å²) in [7, 11) is 0. The van der Waals surface area contributed by atoms with Gasteiger partial charge in [-0.2, -0.15) is 5.10 Å². The van der Waals surface area contributed by atoms with Gasteiger partial charge in [0.25, 0.3) is 5.91 Å². The summed E-state index contributed by atoms with van der Waals surface area (Å²) >= 11 is 0. The first-order valence-corrected chi connectivity index (χ1v) is 11.7. The second-order valence-electron chi connectivity index (χ2n) is 8.81. The van der Waals surface area contributed by atoms with Gasteiger partial charge < -0.3 is 9.64 Å². The van der Waals surface area contributed by atoms with Crippen LogP contribution in [-0.4, -0.2) is 71.9 Å². The van der Waals surface area contributed by atoms with Crippen molar-refractivity contribution in [3.8, 4) is 0 Å². The van der Waals surface area contributed by atoms with E-state index in [0.717, 1.165) is 22.4 Å². The van der Waals surface area contributed by atoms with Crippen LogP contribution >= 0.6 is 0 Å². The van der Waals surface area contributed by atoms with Gasteiger partial charge in [-0.15, -0.1) is 0 Å². The van der Waals surface area contributed by atoms with Crippen molar-refractivity contribution in [2.45, 2.75) is 33.2 Å². The number of amides is 2. The zero-order chi connectivity index (χ0) is 24.2. The van der Waals surface area contributed by atoms with Gasteiger partial charge in [0.15, 0.2) is 0 Å². The van der Waals surface area contributed by atoms with Gasteiger partial charge in [0.05, 0.1) is 24.9 Å². The summed E-state index contributed by atoms with van der Waals surface area (Å²) in [5.41, 5.74) is 4.41. The second kappa shape index (κ2) is 10.3. The van der Waals surface area contributed by atoms with Crippen molar-refractivity contribution in [1.82, 2.24) is 14.8 Å². The first kappa shape index (κ1) is 23.9. The van der Waals surface area contributed by atoms with Gasteiger partial charge in [0, 0.05) is 43.7 Å². The smallest absolute Gasteiger partial charge is 0.409 e. The average molecular weight is 467 g/mol. The molecule has 0 spiro atoms. The number of hydrogen-bond donors (Lipinski definition) is 0. The molecular weight excluding hydrogens is 435 g/mol. The van der Waals surface area contributed by atoms with Crippen LogP contribution in [0.4, 0.5) is 9.18 Å². The Morgan fingerprint density at radius 3 is 2.53 bits per heavy atom. The molecule has 0 unspecified atom stereocenters. The number of rotatable bonds is 5. The van der Waals surface area contributed by atoms with Crippen molar-refractivity contribution in [1.29, 1.82) is 0 Å². The van der Waals surface area contributed by atoms with E-state index in [1.54, 1.807) is 30.0 Å². The molecule has 34 heavy (non-hydrogen) atoms. The van der Waals surface area contributed by atoms with Crippen LogP contribution in [0.15, 0.2) is 47.6 Å². The van der Waals surface area contributed by atoms with Crippen LogP contribution in [0.25, 0.3) is 0 Å². The lowest BCUT2D eigenvalue weighted by atomic mass is 9.95. The SMILES string of the molecule is CCOC(=O)N1CCN(CC(=O)N2N=C(c3cc(C)ccc3C)C[C@@H]2c2ccccc2F)CC1. The van der Waals surface area contributed by atoms with Gasteiger partial charge >= 0.3 is 6.09 Å². The Balaban J connectivity index is 1.53. The third kappa shape index (κ3) is 5.12. The van der Waals surface area contributed by atoms with E-state index in [0.29, 0.717) is 44.8 Å². The van der Waals surface area contributed by atoms with Crippen molar-refractivity contribution in [3.05, 3.63) is 70.5 Å². The summed E-state index contributed by atoms with van der Waals surface area (Å²) in [4.78, 5) is 29.0. The van der Waals surface area contributed by atoms with Crippen LogP contribution in [0, 0.1) is 19.7 Å². The Labute approximate surface area is 199 Å². The fourth-order valence-electron chi connectivity index (χ4n) is 4.50. The third-order valence-corrected chi connectivity index (χ3v) is 6.39. The molecule has 1 atom stereocenters. The Kier molecular flexibility index (Phi) is 7.26. The van der Waals surface area contributed by atoms with E-state index in [9.17, 15) is 14.0 Å². The zero-order valence-electron chi connectivity index (χ0n) is 20.0. The molecule has 0 radical (unpaired) electrons. The minimum atomic E-state index is -0.496. The molecule has 0 saturated carbocycles. The van der Waals surface area contributed by atoms with Gasteiger partial charge in [-0.3, -0.25) is 9.69 Å². The molecular formula is C26H31FN4O3. The lowest BCUT2D eigenvalue weighted by Gasteiger charge is -2.34. The molecule has 0 aliphatic carbocycles. The van der Waals surface area contributed by atoms with Crippen molar-refractivity contribution >= 4 is 17.7 Å². The lowest BCUT2D eigenvalue weighted by Crippen LogP contribution is -2.51. The molecule has 2 aromatic carbocycles. The van der Waals surface area contributed by atoms with E-state index >= 15 is 0 Å². The van der Waals surface area contributed by atoms with Crippen molar-refractivity contribution < 1.29 is 18.7 Å². The van der Waals surface area contributed by atoms with Gasteiger partial charge in [-0.05, 0) is 38.5 Å². The molecule has 4 rings (SSSR count). The molecule has 0 aromatic heterocycles. The highest BCUT2D eigenvalue weighted by Crippen LogP contribution is 2.35. The fraction of sp³-hybridized carbons (Fsp3) is 0.423. The molecule has 2 heterocycles. The van der Waals surface area contributed by atoms with Gasteiger partial charge in [0.1, 0.15) is 5.82 Å². The van der Waals surface area contributed by atoms with E-state index in [-0.39, 0.29) is 24.4 Å². The Morgan fingerprint density at radius 2 is 1.82 bits per heavy atom. The maximum absolute atomic E-state index is 14.7. The van der Waals surface area contributed by atoms with Crippen LogP contribution in [0.5, 0.6) is 0 Å². The van der Waals surface area contributed by atoms with Crippen LogP contribution in [0.1, 0.15) is 41.6 Å². The minimum Gasteiger partial charge on any atom is -0.450 e. The fourth-order valence-corrected chi connectivity index (χ4v) is 4.50. The Bertz CT molecular complexity index is 1100. The van der Waals surface area contributed by atoms with Gasteiger partial charge in [-0.1, -0.05) is 35.9 Å². The third-order valence-electron chi connectivity index (χ3n) is 6.39. The molecule has 2 aliphatic heterocycles. The van der Waals surface area contributed by atoms with Crippen LogP contribution < -0.4 is 0 Å². The van der Waals surface area contributed by atoms with Crippen LogP contribution in [0.2, 0.25) is 0 Å². The maximum Gasteiger partial charge on any atom is 0.409 e. The first-order chi connectivity index (χ1) is 16.4. The van der Waals surface area contributed by atoms with Crippen molar-refractivity contribution in [2.75, 3.05) is 39.3 Å². The standard InChI is InChI=1S/C26H31FN4O3/c1-4-34-26(33)30-13-11-29(12-14-30)17-25(32)31-24(20-7-5-6-8-22(20)27)16-23(28-31)21-15-18(2)9-10-19(21)3/h5-10,15,24H,4,11-14,16-17H2,1-3H3/t24-/m1/s1.